The number of carbonyl (C=O) groups excluding carboxylic acids is 2. The number of amides is 2. The van der Waals surface area contributed by atoms with Crippen molar-refractivity contribution in [3.05, 3.63) is 47.5 Å². The van der Waals surface area contributed by atoms with Crippen LogP contribution in [-0.2, 0) is 9.59 Å². The Kier molecular flexibility index (Phi) is 8.89. The summed E-state index contributed by atoms with van der Waals surface area (Å²) in [6, 6.07) is 4.19. The van der Waals surface area contributed by atoms with Crippen LogP contribution < -0.4 is 24.8 Å². The molecule has 44 heavy (non-hydrogen) atoms. The maximum atomic E-state index is 14.9. The van der Waals surface area contributed by atoms with Gasteiger partial charge in [0.05, 0.1) is 30.6 Å². The molecule has 0 radical (unpaired) electrons. The van der Waals surface area contributed by atoms with E-state index in [0.29, 0.717) is 38.5 Å². The van der Waals surface area contributed by atoms with E-state index in [9.17, 15) is 41.4 Å². The number of halogens is 5. The van der Waals surface area contributed by atoms with Gasteiger partial charge in [0.15, 0.2) is 23.1 Å². The molecule has 0 spiro atoms. The zero-order valence-corrected chi connectivity index (χ0v) is 23.6. The Morgan fingerprint density at radius 3 is 2.25 bits per heavy atom. The summed E-state index contributed by atoms with van der Waals surface area (Å²) in [5, 5.41) is 14.6. The average Bonchev–Trinajstić information content (AvgIpc) is 3.57. The molecule has 0 unspecified atom stereocenters. The Bertz CT molecular complexity index is 1430. The molecule has 238 valence electrons. The number of alkyl halides is 3. The Hall–Kier alpha value is -4.10. The van der Waals surface area contributed by atoms with Gasteiger partial charge in [-0.3, -0.25) is 14.4 Å². The number of anilines is 1. The van der Waals surface area contributed by atoms with Gasteiger partial charge in [-0.25, -0.2) is 8.78 Å². The maximum Gasteiger partial charge on any atom is 0.573 e. The van der Waals surface area contributed by atoms with Crippen LogP contribution in [0.2, 0.25) is 0 Å². The first-order chi connectivity index (χ1) is 20.8. The predicted molar refractivity (Wildman–Crippen MR) is 144 cm³/mol. The molecule has 2 aromatic rings. The number of hydrogen-bond donors (Lipinski definition) is 3. The standard InChI is InChI=1S/C30H31F5N2O7/c1-42-22-13-21(32)23(43-18-7-4-14(5-8-18)29(40)41)12-19(22)27(38)37-26-16-3-2-15(10-16)25(26)28(39)36-17-6-9-20(31)24(11-17)44-30(33,34)35/h6,9,11-16,18,25-26H,2-5,7-8,10H2,1H3,(H,36,39)(H,37,38)(H,40,41)/t14?,15-,16+,18?,25+,26-/m1/s1. The summed E-state index contributed by atoms with van der Waals surface area (Å²) in [5.41, 5.74) is -0.139. The molecule has 5 rings (SSSR count). The van der Waals surface area contributed by atoms with Crippen LogP contribution in [-0.4, -0.2) is 48.5 Å². The number of nitrogens with one attached hydrogen (secondary N) is 2. The first-order valence-corrected chi connectivity index (χ1v) is 14.3. The molecule has 0 heterocycles. The van der Waals surface area contributed by atoms with Crippen LogP contribution >= 0.6 is 0 Å². The van der Waals surface area contributed by atoms with E-state index in [1.807, 2.05) is 0 Å². The Balaban J connectivity index is 1.31. The first-order valence-electron chi connectivity index (χ1n) is 14.3. The summed E-state index contributed by atoms with van der Waals surface area (Å²) in [5.74, 6) is -6.82. The molecule has 2 amide bonds. The molecule has 0 saturated heterocycles. The van der Waals surface area contributed by atoms with Crippen molar-refractivity contribution >= 4 is 23.5 Å². The molecule has 14 heteroatoms. The minimum Gasteiger partial charge on any atom is -0.496 e. The lowest BCUT2D eigenvalue weighted by Crippen LogP contribution is -2.48. The van der Waals surface area contributed by atoms with Crippen LogP contribution in [0.3, 0.4) is 0 Å². The van der Waals surface area contributed by atoms with Crippen molar-refractivity contribution < 1.29 is 55.7 Å². The number of benzene rings is 2. The smallest absolute Gasteiger partial charge is 0.496 e. The summed E-state index contributed by atoms with van der Waals surface area (Å²) in [6.45, 7) is 0. The Labute approximate surface area is 249 Å². The minimum absolute atomic E-state index is 0.0301. The molecular formula is C30H31F5N2O7. The van der Waals surface area contributed by atoms with Crippen molar-refractivity contribution in [3.63, 3.8) is 0 Å². The number of ether oxygens (including phenoxy) is 3. The number of carbonyl (C=O) groups is 3. The van der Waals surface area contributed by atoms with Crippen LogP contribution in [0.1, 0.15) is 55.3 Å². The van der Waals surface area contributed by atoms with E-state index in [1.54, 1.807) is 0 Å². The fourth-order valence-corrected chi connectivity index (χ4v) is 6.69. The summed E-state index contributed by atoms with van der Waals surface area (Å²) >= 11 is 0. The van der Waals surface area contributed by atoms with Crippen LogP contribution in [0, 0.1) is 35.3 Å². The van der Waals surface area contributed by atoms with Gasteiger partial charge in [0, 0.05) is 23.9 Å². The van der Waals surface area contributed by atoms with Crippen LogP contribution in [0.15, 0.2) is 30.3 Å². The molecule has 0 aromatic heterocycles. The lowest BCUT2D eigenvalue weighted by molar-refractivity contribution is -0.275. The van der Waals surface area contributed by atoms with Gasteiger partial charge in [-0.2, -0.15) is 0 Å². The molecule has 0 aliphatic heterocycles. The molecule has 3 fully saturated rings. The van der Waals surface area contributed by atoms with E-state index in [0.717, 1.165) is 30.7 Å². The van der Waals surface area contributed by atoms with Gasteiger partial charge >= 0.3 is 12.3 Å². The molecule has 3 aliphatic rings. The van der Waals surface area contributed by atoms with Gasteiger partial charge in [0.2, 0.25) is 5.91 Å². The van der Waals surface area contributed by atoms with Gasteiger partial charge in [0.1, 0.15) is 5.75 Å². The molecule has 2 aromatic carbocycles. The van der Waals surface area contributed by atoms with Gasteiger partial charge in [-0.15, -0.1) is 13.2 Å². The predicted octanol–water partition coefficient (Wildman–Crippen LogP) is 5.68. The van der Waals surface area contributed by atoms with Gasteiger partial charge < -0.3 is 30.0 Å². The van der Waals surface area contributed by atoms with E-state index < -0.39 is 65.5 Å². The molecule has 3 N–H and O–H groups in total. The highest BCUT2D eigenvalue weighted by atomic mass is 19.4. The summed E-state index contributed by atoms with van der Waals surface area (Å²) < 4.78 is 81.5. The second kappa shape index (κ2) is 12.5. The number of methoxy groups -OCH3 is 1. The Morgan fingerprint density at radius 1 is 0.886 bits per heavy atom. The van der Waals surface area contributed by atoms with Crippen LogP contribution in [0.25, 0.3) is 0 Å². The topological polar surface area (TPSA) is 123 Å². The monoisotopic (exact) mass is 626 g/mol. The van der Waals surface area contributed by atoms with Crippen molar-refractivity contribution in [1.29, 1.82) is 0 Å². The van der Waals surface area contributed by atoms with Crippen molar-refractivity contribution in [3.8, 4) is 17.2 Å². The van der Waals surface area contributed by atoms with Crippen molar-refractivity contribution in [2.75, 3.05) is 12.4 Å². The van der Waals surface area contributed by atoms with Crippen molar-refractivity contribution in [2.24, 2.45) is 23.7 Å². The van der Waals surface area contributed by atoms with Crippen molar-refractivity contribution in [1.82, 2.24) is 5.32 Å². The number of hydrogen-bond acceptors (Lipinski definition) is 6. The molecular weight excluding hydrogens is 595 g/mol. The maximum absolute atomic E-state index is 14.9. The zero-order valence-electron chi connectivity index (χ0n) is 23.6. The molecule has 3 aliphatic carbocycles. The highest BCUT2D eigenvalue weighted by Gasteiger charge is 2.51. The lowest BCUT2D eigenvalue weighted by Gasteiger charge is -2.31. The SMILES string of the molecule is COc1cc(F)c(OC2CCC(C(=O)O)CC2)cc1C(=O)N[C@@H]1[C@H]2CC[C@H](C2)[C@@H]1C(=O)Nc1ccc(F)c(OC(F)(F)F)c1. The molecule has 2 bridgehead atoms. The second-order valence-electron chi connectivity index (χ2n) is 11.5. The first kappa shape index (κ1) is 31.3. The second-order valence-corrected chi connectivity index (χ2v) is 11.5. The van der Waals surface area contributed by atoms with Gasteiger partial charge in [-0.05, 0) is 75.0 Å². The van der Waals surface area contributed by atoms with E-state index in [-0.39, 0.29) is 34.6 Å². The fraction of sp³-hybridized carbons (Fsp3) is 0.500. The van der Waals surface area contributed by atoms with E-state index >= 15 is 0 Å². The third-order valence-corrected chi connectivity index (χ3v) is 8.76. The number of fused-ring (bicyclic) bond motifs is 2. The van der Waals surface area contributed by atoms with Crippen LogP contribution in [0.4, 0.5) is 27.6 Å². The van der Waals surface area contributed by atoms with Crippen molar-refractivity contribution in [2.45, 2.75) is 63.5 Å². The third-order valence-electron chi connectivity index (χ3n) is 8.76. The van der Waals surface area contributed by atoms with E-state index in [2.05, 4.69) is 15.4 Å². The minimum atomic E-state index is -5.13. The lowest BCUT2D eigenvalue weighted by atomic mass is 9.83. The molecule has 9 nitrogen and oxygen atoms in total. The quantitative estimate of drug-likeness (QED) is 0.306. The summed E-state index contributed by atoms with van der Waals surface area (Å²) in [7, 11) is 1.27. The highest BCUT2D eigenvalue weighted by molar-refractivity contribution is 5.99. The third kappa shape index (κ3) is 6.83. The Morgan fingerprint density at radius 2 is 1.59 bits per heavy atom. The van der Waals surface area contributed by atoms with E-state index in [1.165, 1.54) is 13.2 Å². The largest absolute Gasteiger partial charge is 0.573 e. The average molecular weight is 627 g/mol. The highest BCUT2D eigenvalue weighted by Crippen LogP contribution is 2.49. The van der Waals surface area contributed by atoms with Gasteiger partial charge in [-0.1, -0.05) is 0 Å². The number of carboxylic acids is 1. The number of rotatable bonds is 9. The summed E-state index contributed by atoms with van der Waals surface area (Å²) in [4.78, 5) is 38.2. The molecule has 4 atom stereocenters. The number of carboxylic acid groups (broad SMARTS) is 1. The normalized spacial score (nSPS) is 26.1. The zero-order chi connectivity index (χ0) is 31.8. The fourth-order valence-electron chi connectivity index (χ4n) is 6.69. The summed E-state index contributed by atoms with van der Waals surface area (Å²) in [6.07, 6.45) is -1.89. The molecule has 3 saturated carbocycles. The number of aliphatic carboxylic acids is 1. The van der Waals surface area contributed by atoms with E-state index in [4.69, 9.17) is 9.47 Å². The van der Waals surface area contributed by atoms with Gasteiger partial charge in [0.25, 0.3) is 5.91 Å². The van der Waals surface area contributed by atoms with Crippen LogP contribution in [0.5, 0.6) is 17.2 Å².